The molecule has 0 bridgehead atoms. The zero-order valence-electron chi connectivity index (χ0n) is 10.6. The van der Waals surface area contributed by atoms with Crippen LogP contribution in [0.15, 0.2) is 39.4 Å². The van der Waals surface area contributed by atoms with Crippen molar-refractivity contribution in [2.24, 2.45) is 0 Å². The third-order valence-electron chi connectivity index (χ3n) is 3.08. The van der Waals surface area contributed by atoms with Crippen LogP contribution < -0.4 is 10.6 Å². The fourth-order valence-corrected chi connectivity index (χ4v) is 3.16. The zero-order chi connectivity index (χ0) is 15.0. The molecule has 0 saturated carbocycles. The number of hydrogen-bond acceptors (Lipinski definition) is 4. The first-order valence-corrected chi connectivity index (χ1v) is 7.67. The van der Waals surface area contributed by atoms with Gasteiger partial charge in [-0.1, -0.05) is 0 Å². The van der Waals surface area contributed by atoms with Crippen molar-refractivity contribution >= 4 is 49.4 Å². The molecule has 1 aliphatic heterocycles. The molecule has 0 spiro atoms. The summed E-state index contributed by atoms with van der Waals surface area (Å²) in [5.41, 5.74) is 2.41. The first-order chi connectivity index (χ1) is 10.0. The monoisotopic (exact) mass is 409 g/mol. The summed E-state index contributed by atoms with van der Waals surface area (Å²) in [6, 6.07) is 6.99. The van der Waals surface area contributed by atoms with Crippen molar-refractivity contribution in [1.82, 2.24) is 10.3 Å². The van der Waals surface area contributed by atoms with E-state index in [9.17, 15) is 9.59 Å². The molecular formula is C14H9Br2N3O2. The Kier molecular flexibility index (Phi) is 3.77. The molecule has 2 aromatic rings. The summed E-state index contributed by atoms with van der Waals surface area (Å²) in [6.07, 6.45) is 1.72. The SMILES string of the molecule is O=C1NC(=O)c2cc(NCc3ncc(Br)cc3Br)ccc21. The Labute approximate surface area is 137 Å². The number of amides is 2. The number of aromatic nitrogens is 1. The number of carbonyl (C=O) groups is 2. The van der Waals surface area contributed by atoms with Gasteiger partial charge in [0, 0.05) is 20.8 Å². The number of carbonyl (C=O) groups excluding carboxylic acids is 2. The van der Waals surface area contributed by atoms with Gasteiger partial charge in [0.1, 0.15) is 0 Å². The summed E-state index contributed by atoms with van der Waals surface area (Å²) < 4.78 is 1.78. The Bertz CT molecular complexity index is 762. The molecule has 0 atom stereocenters. The van der Waals surface area contributed by atoms with Crippen LogP contribution in [-0.2, 0) is 6.54 Å². The van der Waals surface area contributed by atoms with Gasteiger partial charge in [-0.05, 0) is 56.1 Å². The molecule has 7 heteroatoms. The van der Waals surface area contributed by atoms with Crippen molar-refractivity contribution < 1.29 is 9.59 Å². The number of benzene rings is 1. The second-order valence-electron chi connectivity index (χ2n) is 4.48. The van der Waals surface area contributed by atoms with E-state index in [1.807, 2.05) is 6.07 Å². The number of rotatable bonds is 3. The third-order valence-corrected chi connectivity index (χ3v) is 4.20. The predicted molar refractivity (Wildman–Crippen MR) is 85.2 cm³/mol. The maximum absolute atomic E-state index is 11.6. The molecule has 2 N–H and O–H groups in total. The predicted octanol–water partition coefficient (Wildman–Crippen LogP) is 3.10. The van der Waals surface area contributed by atoms with Gasteiger partial charge in [0.15, 0.2) is 0 Å². The van der Waals surface area contributed by atoms with Crippen molar-refractivity contribution in [3.63, 3.8) is 0 Å². The van der Waals surface area contributed by atoms with Gasteiger partial charge >= 0.3 is 0 Å². The van der Waals surface area contributed by atoms with E-state index in [2.05, 4.69) is 47.5 Å². The molecule has 5 nitrogen and oxygen atoms in total. The van der Waals surface area contributed by atoms with Crippen molar-refractivity contribution in [1.29, 1.82) is 0 Å². The van der Waals surface area contributed by atoms with E-state index in [1.54, 1.807) is 24.4 Å². The van der Waals surface area contributed by atoms with Gasteiger partial charge in [-0.2, -0.15) is 0 Å². The Balaban J connectivity index is 1.79. The quantitative estimate of drug-likeness (QED) is 0.762. The van der Waals surface area contributed by atoms with E-state index >= 15 is 0 Å². The molecule has 3 rings (SSSR count). The number of anilines is 1. The van der Waals surface area contributed by atoms with Gasteiger partial charge in [-0.3, -0.25) is 19.9 Å². The second kappa shape index (κ2) is 5.57. The minimum absolute atomic E-state index is 0.348. The lowest BCUT2D eigenvalue weighted by molar-refractivity contribution is 0.0879. The molecule has 21 heavy (non-hydrogen) atoms. The van der Waals surface area contributed by atoms with Crippen LogP contribution in [0.1, 0.15) is 26.4 Å². The molecule has 0 fully saturated rings. The number of nitrogens with one attached hydrogen (secondary N) is 2. The van der Waals surface area contributed by atoms with Crippen LogP contribution in [0.5, 0.6) is 0 Å². The minimum Gasteiger partial charge on any atom is -0.379 e. The molecule has 2 amide bonds. The molecule has 106 valence electrons. The first kappa shape index (κ1) is 14.2. The van der Waals surface area contributed by atoms with Crippen LogP contribution in [0.2, 0.25) is 0 Å². The zero-order valence-corrected chi connectivity index (χ0v) is 13.8. The van der Waals surface area contributed by atoms with Gasteiger partial charge in [0.05, 0.1) is 23.4 Å². The smallest absolute Gasteiger partial charge is 0.259 e. The van der Waals surface area contributed by atoms with Gasteiger partial charge in [0.2, 0.25) is 0 Å². The van der Waals surface area contributed by atoms with Crippen LogP contribution in [-0.4, -0.2) is 16.8 Å². The molecule has 1 aromatic heterocycles. The summed E-state index contributed by atoms with van der Waals surface area (Å²) in [5.74, 6) is -0.708. The van der Waals surface area contributed by atoms with E-state index in [0.29, 0.717) is 17.7 Å². The molecule has 0 saturated heterocycles. The Morgan fingerprint density at radius 1 is 1.10 bits per heavy atom. The topological polar surface area (TPSA) is 71.1 Å². The third kappa shape index (κ3) is 2.84. The fraction of sp³-hybridized carbons (Fsp3) is 0.0714. The first-order valence-electron chi connectivity index (χ1n) is 6.08. The second-order valence-corrected chi connectivity index (χ2v) is 6.25. The molecule has 1 aromatic carbocycles. The van der Waals surface area contributed by atoms with Gasteiger partial charge in [-0.15, -0.1) is 0 Å². The minimum atomic E-state index is -0.360. The average molecular weight is 411 g/mol. The number of halogens is 2. The maximum atomic E-state index is 11.6. The average Bonchev–Trinajstić information content (AvgIpc) is 2.73. The summed E-state index contributed by atoms with van der Waals surface area (Å²) in [4.78, 5) is 27.4. The van der Waals surface area contributed by atoms with Crippen LogP contribution >= 0.6 is 31.9 Å². The maximum Gasteiger partial charge on any atom is 0.259 e. The molecular weight excluding hydrogens is 402 g/mol. The van der Waals surface area contributed by atoms with Crippen LogP contribution in [0.3, 0.4) is 0 Å². The van der Waals surface area contributed by atoms with Crippen LogP contribution in [0.25, 0.3) is 0 Å². The molecule has 0 aliphatic carbocycles. The molecule has 2 heterocycles. The summed E-state index contributed by atoms with van der Waals surface area (Å²) in [6.45, 7) is 0.502. The molecule has 0 unspecified atom stereocenters. The van der Waals surface area contributed by atoms with Gasteiger partial charge < -0.3 is 5.32 Å². The summed E-state index contributed by atoms with van der Waals surface area (Å²) in [5, 5.41) is 5.46. The summed E-state index contributed by atoms with van der Waals surface area (Å²) >= 11 is 6.80. The number of imide groups is 1. The van der Waals surface area contributed by atoms with E-state index in [4.69, 9.17) is 0 Å². The molecule has 0 radical (unpaired) electrons. The highest BCUT2D eigenvalue weighted by Crippen LogP contribution is 2.23. The number of pyridine rings is 1. The Morgan fingerprint density at radius 2 is 1.86 bits per heavy atom. The summed E-state index contributed by atoms with van der Waals surface area (Å²) in [7, 11) is 0. The standard InChI is InChI=1S/C14H9Br2N3O2/c15-7-3-11(16)12(18-5-7)6-17-8-1-2-9-10(4-8)14(21)19-13(9)20/h1-5,17H,6H2,(H,19,20,21). The lowest BCUT2D eigenvalue weighted by atomic mass is 10.1. The number of hydrogen-bond donors (Lipinski definition) is 2. The van der Waals surface area contributed by atoms with E-state index < -0.39 is 0 Å². The molecule has 1 aliphatic rings. The Hall–Kier alpha value is -1.73. The Morgan fingerprint density at radius 3 is 2.62 bits per heavy atom. The van der Waals surface area contributed by atoms with Crippen molar-refractivity contribution in [3.05, 3.63) is 56.2 Å². The lowest BCUT2D eigenvalue weighted by Gasteiger charge is -2.08. The van der Waals surface area contributed by atoms with Crippen molar-refractivity contribution in [3.8, 4) is 0 Å². The van der Waals surface area contributed by atoms with Gasteiger partial charge in [-0.25, -0.2) is 0 Å². The van der Waals surface area contributed by atoms with Crippen LogP contribution in [0, 0.1) is 0 Å². The highest BCUT2D eigenvalue weighted by molar-refractivity contribution is 9.11. The highest BCUT2D eigenvalue weighted by atomic mass is 79.9. The lowest BCUT2D eigenvalue weighted by Crippen LogP contribution is -2.19. The number of fused-ring (bicyclic) bond motifs is 1. The normalized spacial score (nSPS) is 13.0. The van der Waals surface area contributed by atoms with E-state index in [1.165, 1.54) is 0 Å². The van der Waals surface area contributed by atoms with E-state index in [0.717, 1.165) is 20.3 Å². The number of nitrogens with zero attached hydrogens (tertiary/aromatic N) is 1. The van der Waals surface area contributed by atoms with E-state index in [-0.39, 0.29) is 11.8 Å². The highest BCUT2D eigenvalue weighted by Gasteiger charge is 2.26. The van der Waals surface area contributed by atoms with Crippen LogP contribution in [0.4, 0.5) is 5.69 Å². The van der Waals surface area contributed by atoms with Crippen molar-refractivity contribution in [2.45, 2.75) is 6.54 Å². The van der Waals surface area contributed by atoms with Crippen molar-refractivity contribution in [2.75, 3.05) is 5.32 Å². The fourth-order valence-electron chi connectivity index (χ4n) is 2.04. The van der Waals surface area contributed by atoms with Gasteiger partial charge in [0.25, 0.3) is 11.8 Å². The largest absolute Gasteiger partial charge is 0.379 e.